The van der Waals surface area contributed by atoms with Crippen LogP contribution in [0.15, 0.2) is 64.6 Å². The van der Waals surface area contributed by atoms with Gasteiger partial charge in [0, 0.05) is 37.3 Å². The molecule has 3 aliphatic rings. The summed E-state index contributed by atoms with van der Waals surface area (Å²) in [6, 6.07) is 7.97. The smallest absolute Gasteiger partial charge is 0.167 e. The van der Waals surface area contributed by atoms with Gasteiger partial charge in [0.2, 0.25) is 0 Å². The van der Waals surface area contributed by atoms with Gasteiger partial charge in [-0.15, -0.1) is 0 Å². The first-order valence-corrected chi connectivity index (χ1v) is 11.4. The molecule has 4 rings (SSSR count). The number of carbonyl (C=O) groups is 1. The lowest BCUT2D eigenvalue weighted by Gasteiger charge is -2.34. The highest BCUT2D eigenvalue weighted by atomic mass is 16.5. The van der Waals surface area contributed by atoms with Crippen LogP contribution in [0.25, 0.3) is 0 Å². The van der Waals surface area contributed by atoms with Gasteiger partial charge in [-0.3, -0.25) is 4.79 Å². The van der Waals surface area contributed by atoms with Crippen molar-refractivity contribution in [1.29, 1.82) is 0 Å². The minimum Gasteiger partial charge on any atom is -0.458 e. The average molecular weight is 436 g/mol. The van der Waals surface area contributed by atoms with Crippen molar-refractivity contribution in [2.45, 2.75) is 25.7 Å². The highest BCUT2D eigenvalue weighted by molar-refractivity contribution is 6.06. The molecule has 1 aromatic carbocycles. The minimum absolute atomic E-state index is 0.129. The van der Waals surface area contributed by atoms with E-state index in [0.29, 0.717) is 17.5 Å². The Hall–Kier alpha value is -3.06. The zero-order valence-corrected chi connectivity index (χ0v) is 19.0. The van der Waals surface area contributed by atoms with E-state index in [0.717, 1.165) is 74.4 Å². The molecular formula is C25H33N5O2. The quantitative estimate of drug-likeness (QED) is 0.297. The molecule has 1 fully saturated rings. The summed E-state index contributed by atoms with van der Waals surface area (Å²) >= 11 is 0. The first-order valence-electron chi connectivity index (χ1n) is 11.4. The van der Waals surface area contributed by atoms with Crippen LogP contribution < -0.4 is 20.8 Å². The van der Waals surface area contributed by atoms with Gasteiger partial charge in [0.1, 0.15) is 17.8 Å². The lowest BCUT2D eigenvalue weighted by atomic mass is 9.82. The van der Waals surface area contributed by atoms with Crippen LogP contribution >= 0.6 is 0 Å². The Morgan fingerprint density at radius 2 is 2.06 bits per heavy atom. The summed E-state index contributed by atoms with van der Waals surface area (Å²) in [6.45, 7) is 2.81. The van der Waals surface area contributed by atoms with Crippen LogP contribution in [0.1, 0.15) is 25.7 Å². The van der Waals surface area contributed by atoms with Crippen LogP contribution in [0, 0.1) is 11.8 Å². The molecule has 0 radical (unpaired) electrons. The number of nitrogens with two attached hydrogens (primary N) is 1. The Morgan fingerprint density at radius 1 is 1.25 bits per heavy atom. The summed E-state index contributed by atoms with van der Waals surface area (Å²) in [7, 11) is 3.86. The Balaban J connectivity index is 1.62. The Morgan fingerprint density at radius 3 is 2.72 bits per heavy atom. The Bertz CT molecular complexity index is 948. The van der Waals surface area contributed by atoms with Crippen molar-refractivity contribution >= 4 is 17.8 Å². The van der Waals surface area contributed by atoms with Crippen molar-refractivity contribution in [1.82, 2.24) is 10.3 Å². The average Bonchev–Trinajstić information content (AvgIpc) is 3.20. The number of nitrogens with zero attached hydrogens (tertiary/aromatic N) is 3. The largest absolute Gasteiger partial charge is 0.458 e. The van der Waals surface area contributed by atoms with E-state index in [1.807, 2.05) is 30.3 Å². The molecule has 2 atom stereocenters. The van der Waals surface area contributed by atoms with Crippen LogP contribution in [0.4, 0.5) is 5.69 Å². The van der Waals surface area contributed by atoms with Crippen LogP contribution in [0.2, 0.25) is 0 Å². The summed E-state index contributed by atoms with van der Waals surface area (Å²) < 4.78 is 5.98. The number of allylic oxidation sites excluding steroid dienone is 3. The molecule has 170 valence electrons. The molecule has 2 unspecified atom stereocenters. The van der Waals surface area contributed by atoms with Gasteiger partial charge in [-0.25, -0.2) is 0 Å². The number of anilines is 1. The molecule has 7 heteroatoms. The molecule has 32 heavy (non-hydrogen) atoms. The van der Waals surface area contributed by atoms with Crippen molar-refractivity contribution in [2.75, 3.05) is 38.6 Å². The number of amidine groups is 1. The van der Waals surface area contributed by atoms with Gasteiger partial charge < -0.3 is 25.7 Å². The van der Waals surface area contributed by atoms with Gasteiger partial charge in [0.15, 0.2) is 5.84 Å². The van der Waals surface area contributed by atoms with Crippen molar-refractivity contribution < 1.29 is 9.53 Å². The van der Waals surface area contributed by atoms with Gasteiger partial charge in [-0.1, -0.05) is 6.08 Å². The van der Waals surface area contributed by atoms with E-state index in [9.17, 15) is 4.79 Å². The third-order valence-corrected chi connectivity index (χ3v) is 6.50. The highest BCUT2D eigenvalue weighted by Gasteiger charge is 2.39. The molecule has 1 saturated heterocycles. The van der Waals surface area contributed by atoms with Crippen molar-refractivity contribution in [3.8, 4) is 5.75 Å². The summed E-state index contributed by atoms with van der Waals surface area (Å²) in [5.74, 6) is 2.54. The first-order chi connectivity index (χ1) is 15.6. The van der Waals surface area contributed by atoms with Gasteiger partial charge in [0.05, 0.1) is 5.70 Å². The number of nitrogens with one attached hydrogen (secondary N) is 1. The number of hydrazone groups is 1. The van der Waals surface area contributed by atoms with Gasteiger partial charge in [-0.05, 0) is 81.6 Å². The molecule has 0 saturated carbocycles. The zero-order valence-electron chi connectivity index (χ0n) is 19.0. The maximum absolute atomic E-state index is 12.3. The van der Waals surface area contributed by atoms with Crippen LogP contribution in [-0.4, -0.2) is 50.8 Å². The number of rotatable bonds is 7. The second-order valence-corrected chi connectivity index (χ2v) is 8.71. The van der Waals surface area contributed by atoms with Crippen LogP contribution in [0.5, 0.6) is 5.75 Å². The zero-order chi connectivity index (χ0) is 22.5. The SMILES string of the molecule is CN/N=C(/N)C1=C(C=O)C(C2CCCN(C)C2)CN1c1ccc(OC2=CCCC=C2)cc1. The van der Waals surface area contributed by atoms with E-state index in [1.54, 1.807) is 7.05 Å². The molecule has 0 amide bonds. The summed E-state index contributed by atoms with van der Waals surface area (Å²) in [5, 5.41) is 4.21. The third-order valence-electron chi connectivity index (χ3n) is 6.50. The fraction of sp³-hybridized carbons (Fsp3) is 0.440. The number of aldehydes is 1. The Kier molecular flexibility index (Phi) is 6.95. The fourth-order valence-corrected chi connectivity index (χ4v) is 4.99. The van der Waals surface area contributed by atoms with Gasteiger partial charge in [-0.2, -0.15) is 5.10 Å². The molecular weight excluding hydrogens is 402 g/mol. The Labute approximate surface area is 190 Å². The first kappa shape index (κ1) is 22.1. The number of carbonyl (C=O) groups excluding carboxylic acids is 1. The number of benzene rings is 1. The molecule has 0 spiro atoms. The maximum atomic E-state index is 12.3. The van der Waals surface area contributed by atoms with Crippen molar-refractivity contribution in [3.63, 3.8) is 0 Å². The molecule has 0 aromatic heterocycles. The van der Waals surface area contributed by atoms with E-state index in [2.05, 4.69) is 39.5 Å². The fourth-order valence-electron chi connectivity index (χ4n) is 4.99. The monoisotopic (exact) mass is 435 g/mol. The predicted molar refractivity (Wildman–Crippen MR) is 128 cm³/mol. The molecule has 2 heterocycles. The van der Waals surface area contributed by atoms with E-state index in [-0.39, 0.29) is 5.92 Å². The van der Waals surface area contributed by atoms with Crippen molar-refractivity contribution in [3.05, 3.63) is 59.5 Å². The second kappa shape index (κ2) is 10.0. The van der Waals surface area contributed by atoms with Crippen LogP contribution in [0.3, 0.4) is 0 Å². The number of ether oxygens (including phenoxy) is 1. The molecule has 2 aliphatic heterocycles. The second-order valence-electron chi connectivity index (χ2n) is 8.71. The number of likely N-dealkylation sites (tertiary alicyclic amines) is 1. The maximum Gasteiger partial charge on any atom is 0.167 e. The van der Waals surface area contributed by atoms with Gasteiger partial charge >= 0.3 is 0 Å². The highest BCUT2D eigenvalue weighted by Crippen LogP contribution is 2.39. The van der Waals surface area contributed by atoms with E-state index in [1.165, 1.54) is 0 Å². The van der Waals surface area contributed by atoms with Crippen LogP contribution in [-0.2, 0) is 4.79 Å². The summed E-state index contributed by atoms with van der Waals surface area (Å²) in [6.07, 6.45) is 11.5. The van der Waals surface area contributed by atoms with Crippen molar-refractivity contribution in [2.24, 2.45) is 22.7 Å². The molecule has 3 N–H and O–H groups in total. The molecule has 0 bridgehead atoms. The number of hydrogen-bond donors (Lipinski definition) is 2. The lowest BCUT2D eigenvalue weighted by molar-refractivity contribution is -0.105. The standard InChI is InChI=1S/C25H33N5O2/c1-27-28-25(26)24-23(17-31)22(18-7-6-14-29(2)15-18)16-30(24)19-10-12-21(13-11-19)32-20-8-4-3-5-9-20/h4,8-13,17-18,22,27H,3,5-7,14-16H2,1-2H3,(H2,26,28). The molecule has 1 aromatic rings. The van der Waals surface area contributed by atoms with E-state index < -0.39 is 0 Å². The van der Waals surface area contributed by atoms with E-state index >= 15 is 0 Å². The van der Waals surface area contributed by atoms with E-state index in [4.69, 9.17) is 10.5 Å². The lowest BCUT2D eigenvalue weighted by Crippen LogP contribution is -2.38. The molecule has 1 aliphatic carbocycles. The topological polar surface area (TPSA) is 83.2 Å². The summed E-state index contributed by atoms with van der Waals surface area (Å²) in [4.78, 5) is 16.7. The number of piperidine rings is 1. The minimum atomic E-state index is 0.129. The normalized spacial score (nSPS) is 24.5. The van der Waals surface area contributed by atoms with Gasteiger partial charge in [0.25, 0.3) is 0 Å². The summed E-state index contributed by atoms with van der Waals surface area (Å²) in [5.41, 5.74) is 11.5. The predicted octanol–water partition coefficient (Wildman–Crippen LogP) is 3.02. The third kappa shape index (κ3) is 4.72. The molecule has 7 nitrogen and oxygen atoms in total. The number of hydrogen-bond acceptors (Lipinski definition) is 6.